The molecule has 0 unspecified atom stereocenters. The molecule has 0 N–H and O–H groups in total. The number of esters is 3. The molecule has 2 aromatic rings. The number of carbonyl (C=O) groups is 3. The molecule has 0 aliphatic carbocycles. The molecular formula is C27H32O7. The first-order chi connectivity index (χ1) is 16.4. The normalized spacial score (nSPS) is 13.2. The summed E-state index contributed by atoms with van der Waals surface area (Å²) in [7, 11) is 3.86. The van der Waals surface area contributed by atoms with E-state index in [0.29, 0.717) is 18.4 Å². The van der Waals surface area contributed by atoms with E-state index < -0.39 is 35.5 Å². The number of ether oxygens (including phenoxy) is 4. The molecule has 0 amide bonds. The number of benzene rings is 2. The molecule has 7 heteroatoms. The minimum Gasteiger partial charge on any atom is -0.468 e. The Kier molecular flexibility index (Phi) is 10.5. The van der Waals surface area contributed by atoms with Crippen LogP contribution in [0.3, 0.4) is 0 Å². The maximum atomic E-state index is 12.9. The first-order valence-electron chi connectivity index (χ1n) is 11.1. The molecule has 2 atom stereocenters. The lowest BCUT2D eigenvalue weighted by Gasteiger charge is -2.26. The maximum Gasteiger partial charge on any atom is 0.340 e. The topological polar surface area (TPSA) is 88.1 Å². The molecule has 182 valence electrons. The lowest BCUT2D eigenvalue weighted by molar-refractivity contribution is -0.165. The summed E-state index contributed by atoms with van der Waals surface area (Å²) < 4.78 is 21.0. The van der Waals surface area contributed by atoms with Crippen molar-refractivity contribution in [2.75, 3.05) is 21.3 Å². The summed E-state index contributed by atoms with van der Waals surface area (Å²) in [4.78, 5) is 38.6. The van der Waals surface area contributed by atoms with Crippen LogP contribution in [0.1, 0.15) is 37.0 Å². The van der Waals surface area contributed by atoms with Gasteiger partial charge in [0.1, 0.15) is 6.10 Å². The van der Waals surface area contributed by atoms with Crippen LogP contribution >= 0.6 is 0 Å². The Labute approximate surface area is 200 Å². The van der Waals surface area contributed by atoms with E-state index >= 15 is 0 Å². The Balaban J connectivity index is 2.37. The highest BCUT2D eigenvalue weighted by Gasteiger charge is 2.46. The summed E-state index contributed by atoms with van der Waals surface area (Å²) in [5.74, 6) is -2.10. The van der Waals surface area contributed by atoms with E-state index in [9.17, 15) is 14.4 Å². The number of carbonyl (C=O) groups excluding carboxylic acids is 3. The van der Waals surface area contributed by atoms with Crippen molar-refractivity contribution in [3.63, 3.8) is 0 Å². The zero-order chi connectivity index (χ0) is 25.0. The molecule has 0 radical (unpaired) electrons. The summed E-state index contributed by atoms with van der Waals surface area (Å²) >= 11 is 0. The summed E-state index contributed by atoms with van der Waals surface area (Å²) in [5.41, 5.74) is -0.323. The third-order valence-electron chi connectivity index (χ3n) is 5.41. The molecule has 7 nitrogen and oxygen atoms in total. The largest absolute Gasteiger partial charge is 0.468 e. The molecule has 0 saturated carbocycles. The Morgan fingerprint density at radius 3 is 1.94 bits per heavy atom. The quantitative estimate of drug-likeness (QED) is 0.199. The van der Waals surface area contributed by atoms with E-state index in [-0.39, 0.29) is 6.42 Å². The third-order valence-corrected chi connectivity index (χ3v) is 5.41. The first kappa shape index (κ1) is 26.8. The van der Waals surface area contributed by atoms with Crippen LogP contribution in [-0.2, 0) is 39.8 Å². The molecule has 0 spiro atoms. The molecule has 0 aliphatic rings. The minimum atomic E-state index is -1.73. The molecule has 0 saturated heterocycles. The van der Waals surface area contributed by atoms with Gasteiger partial charge in [-0.2, -0.15) is 0 Å². The van der Waals surface area contributed by atoms with Crippen LogP contribution in [-0.4, -0.2) is 45.3 Å². The second-order valence-corrected chi connectivity index (χ2v) is 7.77. The van der Waals surface area contributed by atoms with E-state index in [4.69, 9.17) is 18.9 Å². The van der Waals surface area contributed by atoms with Crippen LogP contribution in [0.15, 0.2) is 72.8 Å². The summed E-state index contributed by atoms with van der Waals surface area (Å²) in [5, 5.41) is 0. The van der Waals surface area contributed by atoms with Gasteiger partial charge in [-0.3, -0.25) is 9.59 Å². The van der Waals surface area contributed by atoms with E-state index in [2.05, 4.69) is 0 Å². The Bertz CT molecular complexity index is 937. The van der Waals surface area contributed by atoms with E-state index in [1.165, 1.54) is 27.4 Å². The average molecular weight is 469 g/mol. The minimum absolute atomic E-state index is 0.0290. The number of rotatable bonds is 12. The van der Waals surface area contributed by atoms with E-state index in [0.717, 1.165) is 5.56 Å². The average Bonchev–Trinajstić information content (AvgIpc) is 2.87. The molecule has 0 bridgehead atoms. The maximum absolute atomic E-state index is 12.9. The fourth-order valence-electron chi connectivity index (χ4n) is 3.66. The highest BCUT2D eigenvalue weighted by Crippen LogP contribution is 2.30. The predicted molar refractivity (Wildman–Crippen MR) is 127 cm³/mol. The van der Waals surface area contributed by atoms with Crippen molar-refractivity contribution in [1.82, 2.24) is 0 Å². The standard InChI is InChI=1S/C27H32O7/c1-5-12-22(34-24(28)23(31-2)21-15-10-7-11-16-21)17-18-27(25(29)32-3,26(30)33-4)19-20-13-8-6-9-14-20/h6-11,13-18,22-23H,5,12,19H2,1-4H3/b18-17+/t22-,23+/m1/s1. The SMILES string of the molecule is CCC[C@H](/C=C/C(Cc1ccccc1)(C(=O)OC)C(=O)OC)OC(=O)[C@@H](OC)c1ccccc1. The fourth-order valence-corrected chi connectivity index (χ4v) is 3.66. The Morgan fingerprint density at radius 1 is 0.882 bits per heavy atom. The zero-order valence-corrected chi connectivity index (χ0v) is 20.1. The summed E-state index contributed by atoms with van der Waals surface area (Å²) in [6.45, 7) is 1.94. The van der Waals surface area contributed by atoms with Crippen molar-refractivity contribution in [1.29, 1.82) is 0 Å². The van der Waals surface area contributed by atoms with Gasteiger partial charge in [0.15, 0.2) is 11.5 Å². The van der Waals surface area contributed by atoms with Crippen LogP contribution in [0.4, 0.5) is 0 Å². The molecule has 0 heterocycles. The van der Waals surface area contributed by atoms with Gasteiger partial charge in [-0.15, -0.1) is 0 Å². The predicted octanol–water partition coefficient (Wildman–Crippen LogP) is 4.22. The number of hydrogen-bond acceptors (Lipinski definition) is 7. The number of hydrogen-bond donors (Lipinski definition) is 0. The molecule has 2 aromatic carbocycles. The van der Waals surface area contributed by atoms with Gasteiger partial charge in [0, 0.05) is 13.5 Å². The lowest BCUT2D eigenvalue weighted by Crippen LogP contribution is -2.42. The van der Waals surface area contributed by atoms with Crippen molar-refractivity contribution >= 4 is 17.9 Å². The molecule has 0 aliphatic heterocycles. The van der Waals surface area contributed by atoms with Crippen LogP contribution in [0.5, 0.6) is 0 Å². The van der Waals surface area contributed by atoms with Crippen molar-refractivity contribution < 1.29 is 33.3 Å². The van der Waals surface area contributed by atoms with Gasteiger partial charge < -0.3 is 18.9 Å². The van der Waals surface area contributed by atoms with Gasteiger partial charge in [0.25, 0.3) is 0 Å². The summed E-state index contributed by atoms with van der Waals surface area (Å²) in [6.07, 6.45) is 2.60. The molecule has 0 fully saturated rings. The highest BCUT2D eigenvalue weighted by atomic mass is 16.6. The second-order valence-electron chi connectivity index (χ2n) is 7.77. The first-order valence-corrected chi connectivity index (χ1v) is 11.1. The van der Waals surface area contributed by atoms with Crippen LogP contribution < -0.4 is 0 Å². The Hall–Kier alpha value is -3.45. The lowest BCUT2D eigenvalue weighted by atomic mass is 9.80. The van der Waals surface area contributed by atoms with E-state index in [1.807, 2.05) is 43.3 Å². The van der Waals surface area contributed by atoms with Gasteiger partial charge in [-0.1, -0.05) is 80.1 Å². The molecular weight excluding hydrogens is 436 g/mol. The van der Waals surface area contributed by atoms with Gasteiger partial charge >= 0.3 is 17.9 Å². The highest BCUT2D eigenvalue weighted by molar-refractivity contribution is 6.02. The zero-order valence-electron chi connectivity index (χ0n) is 20.1. The van der Waals surface area contributed by atoms with E-state index in [1.54, 1.807) is 30.3 Å². The van der Waals surface area contributed by atoms with Crippen LogP contribution in [0.2, 0.25) is 0 Å². The van der Waals surface area contributed by atoms with Crippen LogP contribution in [0, 0.1) is 5.41 Å². The smallest absolute Gasteiger partial charge is 0.340 e. The Morgan fingerprint density at radius 2 is 1.44 bits per heavy atom. The second kappa shape index (κ2) is 13.3. The third kappa shape index (κ3) is 6.78. The van der Waals surface area contributed by atoms with Crippen molar-refractivity contribution in [3.8, 4) is 0 Å². The molecule has 2 rings (SSSR count). The van der Waals surface area contributed by atoms with Gasteiger partial charge in [0.05, 0.1) is 14.2 Å². The monoisotopic (exact) mass is 468 g/mol. The van der Waals surface area contributed by atoms with Crippen LogP contribution in [0.25, 0.3) is 0 Å². The van der Waals surface area contributed by atoms with Crippen molar-refractivity contribution in [2.45, 2.75) is 38.4 Å². The van der Waals surface area contributed by atoms with Gasteiger partial charge in [-0.25, -0.2) is 4.79 Å². The van der Waals surface area contributed by atoms with Crippen molar-refractivity contribution in [3.05, 3.63) is 83.9 Å². The summed E-state index contributed by atoms with van der Waals surface area (Å²) in [6, 6.07) is 18.1. The fraction of sp³-hybridized carbons (Fsp3) is 0.370. The number of methoxy groups -OCH3 is 3. The van der Waals surface area contributed by atoms with Crippen molar-refractivity contribution in [2.24, 2.45) is 5.41 Å². The molecule has 0 aromatic heterocycles. The van der Waals surface area contributed by atoms with Gasteiger partial charge in [0.2, 0.25) is 0 Å². The van der Waals surface area contributed by atoms with Gasteiger partial charge in [-0.05, 0) is 23.6 Å². The molecule has 34 heavy (non-hydrogen) atoms.